The minimum atomic E-state index is -3.73. The molecule has 0 spiro atoms. The lowest BCUT2D eigenvalue weighted by Crippen LogP contribution is -2.14. The maximum atomic E-state index is 12.3. The van der Waals surface area contributed by atoms with Crippen molar-refractivity contribution in [1.29, 1.82) is 0 Å². The van der Waals surface area contributed by atoms with Gasteiger partial charge in [-0.05, 0) is 24.3 Å². The van der Waals surface area contributed by atoms with Crippen molar-refractivity contribution in [3.63, 3.8) is 0 Å². The van der Waals surface area contributed by atoms with Crippen LogP contribution in [0.1, 0.15) is 0 Å². The first kappa shape index (κ1) is 17.1. The SMILES string of the molecule is COc1cc(NS(=O)(=O)c2ccccc2)ccc1NS(C)(=O)=O. The van der Waals surface area contributed by atoms with Crippen molar-refractivity contribution < 1.29 is 21.6 Å². The van der Waals surface area contributed by atoms with Crippen molar-refractivity contribution in [3.05, 3.63) is 48.5 Å². The van der Waals surface area contributed by atoms with Crippen molar-refractivity contribution in [2.75, 3.05) is 22.8 Å². The normalized spacial score (nSPS) is 11.7. The van der Waals surface area contributed by atoms with E-state index in [1.807, 2.05) is 0 Å². The monoisotopic (exact) mass is 356 g/mol. The lowest BCUT2D eigenvalue weighted by atomic mass is 10.2. The summed E-state index contributed by atoms with van der Waals surface area (Å²) in [5, 5.41) is 0. The minimum Gasteiger partial charge on any atom is -0.494 e. The highest BCUT2D eigenvalue weighted by atomic mass is 32.2. The topological polar surface area (TPSA) is 102 Å². The third-order valence-corrected chi connectivity index (χ3v) is 4.79. The fourth-order valence-corrected chi connectivity index (χ4v) is 3.49. The molecular weight excluding hydrogens is 340 g/mol. The van der Waals surface area contributed by atoms with E-state index in [-0.39, 0.29) is 22.0 Å². The maximum absolute atomic E-state index is 12.3. The third-order valence-electron chi connectivity index (χ3n) is 2.80. The zero-order valence-corrected chi connectivity index (χ0v) is 14.1. The van der Waals surface area contributed by atoms with Crippen LogP contribution < -0.4 is 14.2 Å². The third kappa shape index (κ3) is 4.60. The summed E-state index contributed by atoms with van der Waals surface area (Å²) in [4.78, 5) is 0.123. The van der Waals surface area contributed by atoms with Gasteiger partial charge in [0.2, 0.25) is 10.0 Å². The molecule has 0 amide bonds. The smallest absolute Gasteiger partial charge is 0.261 e. The highest BCUT2D eigenvalue weighted by Crippen LogP contribution is 2.29. The molecule has 0 bridgehead atoms. The molecule has 0 saturated heterocycles. The van der Waals surface area contributed by atoms with Crippen LogP contribution in [-0.4, -0.2) is 30.2 Å². The molecule has 0 saturated carbocycles. The van der Waals surface area contributed by atoms with Gasteiger partial charge in [0, 0.05) is 6.07 Å². The van der Waals surface area contributed by atoms with E-state index >= 15 is 0 Å². The largest absolute Gasteiger partial charge is 0.494 e. The first-order valence-electron chi connectivity index (χ1n) is 6.45. The summed E-state index contributed by atoms with van der Waals surface area (Å²) in [7, 11) is -5.84. The van der Waals surface area contributed by atoms with Gasteiger partial charge >= 0.3 is 0 Å². The Labute approximate surface area is 135 Å². The number of hydrogen-bond donors (Lipinski definition) is 2. The molecule has 0 aliphatic carbocycles. The van der Waals surface area contributed by atoms with E-state index < -0.39 is 20.0 Å². The van der Waals surface area contributed by atoms with Crippen LogP contribution in [0.25, 0.3) is 0 Å². The zero-order valence-electron chi connectivity index (χ0n) is 12.5. The molecule has 0 heterocycles. The second-order valence-electron chi connectivity index (χ2n) is 4.71. The molecule has 0 aliphatic heterocycles. The van der Waals surface area contributed by atoms with E-state index in [4.69, 9.17) is 4.74 Å². The van der Waals surface area contributed by atoms with Crippen molar-refractivity contribution in [3.8, 4) is 5.75 Å². The van der Waals surface area contributed by atoms with Gasteiger partial charge in [-0.2, -0.15) is 0 Å². The second kappa shape index (κ2) is 6.47. The molecule has 2 N–H and O–H groups in total. The van der Waals surface area contributed by atoms with E-state index in [0.717, 1.165) is 6.26 Å². The summed E-state index contributed by atoms with van der Waals surface area (Å²) in [6.45, 7) is 0. The van der Waals surface area contributed by atoms with Gasteiger partial charge in [0.25, 0.3) is 10.0 Å². The van der Waals surface area contributed by atoms with Gasteiger partial charge in [-0.1, -0.05) is 18.2 Å². The van der Waals surface area contributed by atoms with Gasteiger partial charge in [-0.15, -0.1) is 0 Å². The predicted molar refractivity (Wildman–Crippen MR) is 88.7 cm³/mol. The molecule has 0 radical (unpaired) electrons. The molecular formula is C14H16N2O5S2. The first-order valence-corrected chi connectivity index (χ1v) is 9.82. The van der Waals surface area contributed by atoms with Crippen LogP contribution in [0.4, 0.5) is 11.4 Å². The molecule has 23 heavy (non-hydrogen) atoms. The summed E-state index contributed by atoms with van der Waals surface area (Å²) in [6, 6.07) is 12.2. The number of nitrogens with one attached hydrogen (secondary N) is 2. The molecule has 0 fully saturated rings. The van der Waals surface area contributed by atoms with E-state index in [9.17, 15) is 16.8 Å². The van der Waals surface area contributed by atoms with Crippen molar-refractivity contribution in [1.82, 2.24) is 0 Å². The van der Waals surface area contributed by atoms with Crippen LogP contribution in [0.3, 0.4) is 0 Å². The molecule has 9 heteroatoms. The zero-order chi connectivity index (χ0) is 17.1. The Bertz CT molecular complexity index is 894. The highest BCUT2D eigenvalue weighted by Gasteiger charge is 2.15. The average molecular weight is 356 g/mol. The average Bonchev–Trinajstić information content (AvgIpc) is 2.48. The number of ether oxygens (including phenoxy) is 1. The molecule has 0 unspecified atom stereocenters. The van der Waals surface area contributed by atoms with Gasteiger partial charge in [0.05, 0.1) is 29.6 Å². The van der Waals surface area contributed by atoms with Crippen LogP contribution in [0.5, 0.6) is 5.75 Å². The standard InChI is InChI=1S/C14H16N2O5S2/c1-21-14-10-11(8-9-13(14)16-22(2,17)18)15-23(19,20)12-6-4-3-5-7-12/h3-10,15-16H,1-2H3. The van der Waals surface area contributed by atoms with Crippen LogP contribution in [0.2, 0.25) is 0 Å². The fourth-order valence-electron chi connectivity index (χ4n) is 1.85. The summed E-state index contributed by atoms with van der Waals surface area (Å²) < 4.78 is 56.9. The van der Waals surface area contributed by atoms with Crippen molar-refractivity contribution >= 4 is 31.4 Å². The number of methoxy groups -OCH3 is 1. The number of hydrogen-bond acceptors (Lipinski definition) is 5. The molecule has 7 nitrogen and oxygen atoms in total. The summed E-state index contributed by atoms with van der Waals surface area (Å²) in [5.41, 5.74) is 0.474. The maximum Gasteiger partial charge on any atom is 0.261 e. The lowest BCUT2D eigenvalue weighted by Gasteiger charge is -2.13. The van der Waals surface area contributed by atoms with Gasteiger partial charge < -0.3 is 4.74 Å². The highest BCUT2D eigenvalue weighted by molar-refractivity contribution is 7.92. The number of sulfonamides is 2. The first-order chi connectivity index (χ1) is 10.7. The number of benzene rings is 2. The molecule has 2 aromatic carbocycles. The summed E-state index contributed by atoms with van der Waals surface area (Å²) >= 11 is 0. The van der Waals surface area contributed by atoms with Crippen LogP contribution in [0.15, 0.2) is 53.4 Å². The second-order valence-corrected chi connectivity index (χ2v) is 8.14. The quantitative estimate of drug-likeness (QED) is 0.823. The van der Waals surface area contributed by atoms with E-state index in [1.54, 1.807) is 18.2 Å². The van der Waals surface area contributed by atoms with Gasteiger partial charge in [-0.25, -0.2) is 16.8 Å². The number of anilines is 2. The van der Waals surface area contributed by atoms with Gasteiger partial charge in [0.1, 0.15) is 5.75 Å². The Morgan fingerprint density at radius 1 is 0.913 bits per heavy atom. The molecule has 0 atom stereocenters. The Hall–Kier alpha value is -2.26. The molecule has 0 aromatic heterocycles. The van der Waals surface area contributed by atoms with Crippen LogP contribution in [0, 0.1) is 0 Å². The molecule has 124 valence electrons. The lowest BCUT2D eigenvalue weighted by molar-refractivity contribution is 0.417. The number of rotatable bonds is 6. The molecule has 2 aromatic rings. The Morgan fingerprint density at radius 3 is 2.13 bits per heavy atom. The van der Waals surface area contributed by atoms with E-state index in [0.29, 0.717) is 0 Å². The Morgan fingerprint density at radius 2 is 1.57 bits per heavy atom. The molecule has 2 rings (SSSR count). The van der Waals surface area contributed by atoms with E-state index in [2.05, 4.69) is 9.44 Å². The van der Waals surface area contributed by atoms with Crippen molar-refractivity contribution in [2.24, 2.45) is 0 Å². The predicted octanol–water partition coefficient (Wildman–Crippen LogP) is 1.87. The van der Waals surface area contributed by atoms with Crippen LogP contribution in [-0.2, 0) is 20.0 Å². The van der Waals surface area contributed by atoms with Gasteiger partial charge in [0.15, 0.2) is 0 Å². The Balaban J connectivity index is 2.32. The summed E-state index contributed by atoms with van der Waals surface area (Å²) in [5.74, 6) is 0.198. The fraction of sp³-hybridized carbons (Fsp3) is 0.143. The van der Waals surface area contributed by atoms with Crippen LogP contribution >= 0.6 is 0 Å². The summed E-state index contributed by atoms with van der Waals surface area (Å²) in [6.07, 6.45) is 1.01. The van der Waals surface area contributed by atoms with Gasteiger partial charge in [-0.3, -0.25) is 9.44 Å². The van der Waals surface area contributed by atoms with E-state index in [1.165, 1.54) is 37.4 Å². The minimum absolute atomic E-state index is 0.123. The Kier molecular flexibility index (Phi) is 4.81. The molecule has 0 aliphatic rings. The van der Waals surface area contributed by atoms with Crippen molar-refractivity contribution in [2.45, 2.75) is 4.90 Å².